The highest BCUT2D eigenvalue weighted by molar-refractivity contribution is 6.36. The van der Waals surface area contributed by atoms with Gasteiger partial charge in [-0.2, -0.15) is 0 Å². The van der Waals surface area contributed by atoms with Crippen LogP contribution in [-0.4, -0.2) is 26.3 Å². The van der Waals surface area contributed by atoms with Crippen LogP contribution in [0.15, 0.2) is 10.6 Å². The van der Waals surface area contributed by atoms with E-state index in [-0.39, 0.29) is 0 Å². The van der Waals surface area contributed by atoms with Gasteiger partial charge >= 0.3 is 0 Å². The summed E-state index contributed by atoms with van der Waals surface area (Å²) in [6.45, 7) is 5.10. The molecule has 0 aliphatic heterocycles. The molecule has 0 saturated carbocycles. The summed E-state index contributed by atoms with van der Waals surface area (Å²) in [5.41, 5.74) is 1.37. The Kier molecular flexibility index (Phi) is 9.52. The lowest BCUT2D eigenvalue weighted by Crippen LogP contribution is -2.18. The number of ether oxygens (including phenoxy) is 1. The standard InChI is InChI=1S/C8H15Cl2NO/c1-2-12-5-3-4-11-7-8(10)6-9/h6,11H,2-5,7H2,1H3. The van der Waals surface area contributed by atoms with Crippen molar-refractivity contribution in [2.45, 2.75) is 13.3 Å². The van der Waals surface area contributed by atoms with Crippen LogP contribution in [0.2, 0.25) is 0 Å². The van der Waals surface area contributed by atoms with Gasteiger partial charge in [0.05, 0.1) is 0 Å². The quantitative estimate of drug-likeness (QED) is 0.654. The normalized spacial score (nSPS) is 12.1. The van der Waals surface area contributed by atoms with Crippen LogP contribution in [0.25, 0.3) is 0 Å². The van der Waals surface area contributed by atoms with Gasteiger partial charge in [-0.3, -0.25) is 0 Å². The van der Waals surface area contributed by atoms with Gasteiger partial charge in [0, 0.05) is 30.3 Å². The molecule has 0 heterocycles. The van der Waals surface area contributed by atoms with Crippen LogP contribution >= 0.6 is 23.2 Å². The van der Waals surface area contributed by atoms with Gasteiger partial charge in [-0.15, -0.1) is 0 Å². The molecule has 12 heavy (non-hydrogen) atoms. The molecule has 72 valence electrons. The Hall–Kier alpha value is 0.240. The third kappa shape index (κ3) is 8.34. The van der Waals surface area contributed by atoms with Crippen molar-refractivity contribution >= 4 is 23.2 Å². The number of nitrogens with one attached hydrogen (secondary N) is 1. The molecule has 0 unspecified atom stereocenters. The van der Waals surface area contributed by atoms with Gasteiger partial charge in [0.2, 0.25) is 0 Å². The summed E-state index contributed by atoms with van der Waals surface area (Å²) in [6.07, 6.45) is 1.00. The number of hydrogen-bond donors (Lipinski definition) is 1. The molecule has 1 N–H and O–H groups in total. The van der Waals surface area contributed by atoms with E-state index in [9.17, 15) is 0 Å². The number of hydrogen-bond acceptors (Lipinski definition) is 2. The lowest BCUT2D eigenvalue weighted by molar-refractivity contribution is 0.145. The minimum absolute atomic E-state index is 0.632. The Bertz CT molecular complexity index is 128. The van der Waals surface area contributed by atoms with Crippen LogP contribution in [0.3, 0.4) is 0 Å². The van der Waals surface area contributed by atoms with Crippen molar-refractivity contribution < 1.29 is 4.74 Å². The zero-order valence-electron chi connectivity index (χ0n) is 7.28. The van der Waals surface area contributed by atoms with Crippen LogP contribution < -0.4 is 5.32 Å². The molecule has 0 aromatic rings. The predicted molar refractivity (Wildman–Crippen MR) is 53.8 cm³/mol. The van der Waals surface area contributed by atoms with E-state index in [1.165, 1.54) is 5.54 Å². The average Bonchev–Trinajstić information content (AvgIpc) is 2.10. The fourth-order valence-corrected chi connectivity index (χ4v) is 0.862. The van der Waals surface area contributed by atoms with Gasteiger partial charge in [-0.05, 0) is 19.9 Å². The molecular formula is C8H15Cl2NO. The number of rotatable bonds is 7. The third-order valence-electron chi connectivity index (χ3n) is 1.26. The minimum atomic E-state index is 0.632. The molecule has 0 aliphatic carbocycles. The van der Waals surface area contributed by atoms with E-state index in [0.717, 1.165) is 26.2 Å². The molecule has 0 bridgehead atoms. The van der Waals surface area contributed by atoms with E-state index >= 15 is 0 Å². The van der Waals surface area contributed by atoms with Crippen molar-refractivity contribution in [1.82, 2.24) is 5.32 Å². The topological polar surface area (TPSA) is 21.3 Å². The fraction of sp³-hybridized carbons (Fsp3) is 0.750. The fourth-order valence-electron chi connectivity index (χ4n) is 0.690. The van der Waals surface area contributed by atoms with Gasteiger partial charge in [-0.1, -0.05) is 23.2 Å². The molecule has 0 aliphatic rings. The van der Waals surface area contributed by atoms with Gasteiger partial charge in [0.1, 0.15) is 0 Å². The summed E-state index contributed by atoms with van der Waals surface area (Å²) < 4.78 is 5.15. The first-order valence-corrected chi connectivity index (χ1v) is 4.86. The second kappa shape index (κ2) is 9.33. The molecule has 0 atom stereocenters. The van der Waals surface area contributed by atoms with E-state index in [1.54, 1.807) is 0 Å². The van der Waals surface area contributed by atoms with Crippen LogP contribution in [0, 0.1) is 0 Å². The Morgan fingerprint density at radius 2 is 2.33 bits per heavy atom. The SMILES string of the molecule is CCOCCCNCC(Cl)=CCl. The van der Waals surface area contributed by atoms with E-state index < -0.39 is 0 Å². The van der Waals surface area contributed by atoms with Crippen LogP contribution in [0.5, 0.6) is 0 Å². The smallest absolute Gasteiger partial charge is 0.0477 e. The third-order valence-corrected chi connectivity index (χ3v) is 1.88. The zero-order chi connectivity index (χ0) is 9.23. The molecule has 0 spiro atoms. The Morgan fingerprint density at radius 3 is 2.92 bits per heavy atom. The first kappa shape index (κ1) is 12.2. The summed E-state index contributed by atoms with van der Waals surface area (Å²) in [7, 11) is 0. The van der Waals surface area contributed by atoms with Gasteiger partial charge < -0.3 is 10.1 Å². The van der Waals surface area contributed by atoms with E-state index in [1.807, 2.05) is 6.92 Å². The molecule has 0 amide bonds. The molecule has 0 radical (unpaired) electrons. The number of halogens is 2. The summed E-state index contributed by atoms with van der Waals surface area (Å²) in [5.74, 6) is 0. The van der Waals surface area contributed by atoms with Crippen molar-refractivity contribution in [3.63, 3.8) is 0 Å². The van der Waals surface area contributed by atoms with Crippen molar-refractivity contribution in [3.8, 4) is 0 Å². The van der Waals surface area contributed by atoms with Crippen LogP contribution in [0.4, 0.5) is 0 Å². The molecule has 0 aromatic heterocycles. The predicted octanol–water partition coefficient (Wildman–Crippen LogP) is 2.32. The summed E-state index contributed by atoms with van der Waals surface area (Å²) in [5, 5.41) is 3.76. The summed E-state index contributed by atoms with van der Waals surface area (Å²) in [6, 6.07) is 0. The monoisotopic (exact) mass is 211 g/mol. The highest BCUT2D eigenvalue weighted by atomic mass is 35.5. The van der Waals surface area contributed by atoms with Crippen molar-refractivity contribution in [3.05, 3.63) is 10.6 Å². The van der Waals surface area contributed by atoms with Gasteiger partial charge in [0.25, 0.3) is 0 Å². The molecule has 0 rings (SSSR count). The van der Waals surface area contributed by atoms with Gasteiger partial charge in [-0.25, -0.2) is 0 Å². The maximum Gasteiger partial charge on any atom is 0.0477 e. The summed E-state index contributed by atoms with van der Waals surface area (Å²) in [4.78, 5) is 0. The van der Waals surface area contributed by atoms with Gasteiger partial charge in [0.15, 0.2) is 0 Å². The Morgan fingerprint density at radius 1 is 1.58 bits per heavy atom. The molecule has 0 fully saturated rings. The molecule has 2 nitrogen and oxygen atoms in total. The van der Waals surface area contributed by atoms with E-state index in [2.05, 4.69) is 5.32 Å². The molecular weight excluding hydrogens is 197 g/mol. The average molecular weight is 212 g/mol. The largest absolute Gasteiger partial charge is 0.382 e. The molecule has 0 aromatic carbocycles. The highest BCUT2D eigenvalue weighted by Gasteiger charge is 1.90. The second-order valence-electron chi connectivity index (χ2n) is 2.28. The second-order valence-corrected chi connectivity index (χ2v) is 2.99. The molecule has 4 heteroatoms. The maximum absolute atomic E-state index is 5.64. The van der Waals surface area contributed by atoms with Crippen LogP contribution in [0.1, 0.15) is 13.3 Å². The zero-order valence-corrected chi connectivity index (χ0v) is 8.79. The lowest BCUT2D eigenvalue weighted by Gasteiger charge is -2.02. The highest BCUT2D eigenvalue weighted by Crippen LogP contribution is 1.99. The summed E-state index contributed by atoms with van der Waals surface area (Å²) >= 11 is 11.0. The lowest BCUT2D eigenvalue weighted by atomic mass is 10.4. The minimum Gasteiger partial charge on any atom is -0.382 e. The van der Waals surface area contributed by atoms with E-state index in [0.29, 0.717) is 11.6 Å². The van der Waals surface area contributed by atoms with Crippen molar-refractivity contribution in [2.75, 3.05) is 26.3 Å². The van der Waals surface area contributed by atoms with E-state index in [4.69, 9.17) is 27.9 Å². The first-order valence-electron chi connectivity index (χ1n) is 4.04. The van der Waals surface area contributed by atoms with Crippen molar-refractivity contribution in [1.29, 1.82) is 0 Å². The van der Waals surface area contributed by atoms with Crippen LogP contribution in [-0.2, 0) is 4.74 Å². The van der Waals surface area contributed by atoms with Crippen molar-refractivity contribution in [2.24, 2.45) is 0 Å². The maximum atomic E-state index is 5.64. The Balaban J connectivity index is 3.00. The first-order chi connectivity index (χ1) is 5.81. The molecule has 0 saturated heterocycles. The Labute approximate surface area is 83.9 Å².